The van der Waals surface area contributed by atoms with Gasteiger partial charge in [-0.1, -0.05) is 38.0 Å². The molecule has 0 heterocycles. The van der Waals surface area contributed by atoms with E-state index in [4.69, 9.17) is 10.5 Å². The van der Waals surface area contributed by atoms with E-state index in [2.05, 4.69) is 10.6 Å². The lowest BCUT2D eigenvalue weighted by Crippen LogP contribution is -2.54. The summed E-state index contributed by atoms with van der Waals surface area (Å²) in [6, 6.07) is 4.68. The molecule has 0 saturated heterocycles. The lowest BCUT2D eigenvalue weighted by molar-refractivity contribution is -0.142. The summed E-state index contributed by atoms with van der Waals surface area (Å²) in [6.07, 6.45) is 1.21. The fourth-order valence-electron chi connectivity index (χ4n) is 3.51. The molecule has 10 heteroatoms. The Kier molecular flexibility index (Phi) is 11.9. The molecule has 0 bridgehead atoms. The minimum Gasteiger partial charge on any atom is -0.444 e. The van der Waals surface area contributed by atoms with Gasteiger partial charge in [0.2, 0.25) is 17.7 Å². The van der Waals surface area contributed by atoms with E-state index in [1.54, 1.807) is 32.9 Å². The smallest absolute Gasteiger partial charge is 0.408 e. The van der Waals surface area contributed by atoms with Crippen LogP contribution in [0, 0.1) is 25.2 Å². The molecule has 36 heavy (non-hydrogen) atoms. The summed E-state index contributed by atoms with van der Waals surface area (Å²) in [5.74, 6) is -2.10. The van der Waals surface area contributed by atoms with Crippen molar-refractivity contribution in [3.05, 3.63) is 34.9 Å². The summed E-state index contributed by atoms with van der Waals surface area (Å²) in [5.41, 5.74) is 6.90. The first-order valence-corrected chi connectivity index (χ1v) is 12.1. The third-order valence-electron chi connectivity index (χ3n) is 5.40. The van der Waals surface area contributed by atoms with Gasteiger partial charge in [-0.15, -0.1) is 0 Å². The maximum Gasteiger partial charge on any atom is 0.408 e. The minimum atomic E-state index is -1.42. The number of hydrogen-bond donors (Lipinski definition) is 3. The van der Waals surface area contributed by atoms with Gasteiger partial charge in [0.1, 0.15) is 24.2 Å². The topological polar surface area (TPSA) is 155 Å². The fraction of sp³-hybridized carbons (Fsp3) is 0.577. The van der Waals surface area contributed by atoms with E-state index < -0.39 is 54.5 Å². The van der Waals surface area contributed by atoms with Crippen LogP contribution in [0.3, 0.4) is 0 Å². The Morgan fingerprint density at radius 1 is 1.14 bits per heavy atom. The van der Waals surface area contributed by atoms with Crippen LogP contribution in [-0.2, 0) is 19.1 Å². The zero-order valence-electron chi connectivity index (χ0n) is 22.1. The molecule has 4 amide bonds. The monoisotopic (exact) mass is 501 g/mol. The first kappa shape index (κ1) is 30.4. The van der Waals surface area contributed by atoms with Crippen LogP contribution in [-0.4, -0.2) is 53.4 Å². The Hall–Kier alpha value is -3.61. The Morgan fingerprint density at radius 2 is 1.81 bits per heavy atom. The number of carbonyl (C=O) groups is 4. The average molecular weight is 502 g/mol. The largest absolute Gasteiger partial charge is 0.444 e. The van der Waals surface area contributed by atoms with Crippen molar-refractivity contribution in [3.8, 4) is 6.07 Å². The second-order valence-electron chi connectivity index (χ2n) is 9.74. The molecule has 0 fully saturated rings. The molecule has 1 aromatic carbocycles. The molecular formula is C26H39N5O5. The number of nitrogens with zero attached hydrogens (tertiary/aromatic N) is 2. The van der Waals surface area contributed by atoms with E-state index in [1.807, 2.05) is 32.9 Å². The van der Waals surface area contributed by atoms with Gasteiger partial charge in [0.05, 0.1) is 12.5 Å². The molecule has 4 N–H and O–H groups in total. The lowest BCUT2D eigenvalue weighted by atomic mass is 9.98. The number of rotatable bonds is 12. The Bertz CT molecular complexity index is 980. The molecule has 198 valence electrons. The number of nitrogens with one attached hydrogen (secondary N) is 2. The van der Waals surface area contributed by atoms with Crippen LogP contribution in [0.4, 0.5) is 4.79 Å². The summed E-state index contributed by atoms with van der Waals surface area (Å²) in [5, 5.41) is 14.8. The van der Waals surface area contributed by atoms with E-state index in [0.29, 0.717) is 12.1 Å². The van der Waals surface area contributed by atoms with Crippen molar-refractivity contribution in [1.82, 2.24) is 15.5 Å². The minimum absolute atomic E-state index is 0.406. The fourth-order valence-corrected chi connectivity index (χ4v) is 3.51. The van der Waals surface area contributed by atoms with Crippen molar-refractivity contribution >= 4 is 23.8 Å². The summed E-state index contributed by atoms with van der Waals surface area (Å²) in [6.45, 7) is 10.8. The third kappa shape index (κ3) is 9.94. The van der Waals surface area contributed by atoms with E-state index in [9.17, 15) is 24.4 Å². The van der Waals surface area contributed by atoms with Gasteiger partial charge in [0, 0.05) is 6.54 Å². The van der Waals surface area contributed by atoms with Crippen LogP contribution in [0.25, 0.3) is 0 Å². The lowest BCUT2D eigenvalue weighted by Gasteiger charge is -2.33. The summed E-state index contributed by atoms with van der Waals surface area (Å²) >= 11 is 0. The van der Waals surface area contributed by atoms with Crippen molar-refractivity contribution in [2.75, 3.05) is 13.1 Å². The van der Waals surface area contributed by atoms with Gasteiger partial charge >= 0.3 is 6.09 Å². The number of primary amides is 1. The highest BCUT2D eigenvalue weighted by Crippen LogP contribution is 2.25. The van der Waals surface area contributed by atoms with E-state index in [0.717, 1.165) is 35.3 Å². The molecule has 0 aromatic heterocycles. The SMILES string of the molecule is CCCCCNC(=O)C(c1ccc(C)c(C)c1)N(CC#N)C(=O)C(CC(N)=O)NC(=O)OC(C)(C)C. The van der Waals surface area contributed by atoms with Gasteiger partial charge in [-0.25, -0.2) is 4.79 Å². The van der Waals surface area contributed by atoms with Crippen molar-refractivity contribution in [2.24, 2.45) is 5.73 Å². The zero-order chi connectivity index (χ0) is 27.5. The predicted octanol–water partition coefficient (Wildman–Crippen LogP) is 2.77. The molecule has 0 aliphatic heterocycles. The molecule has 0 aliphatic rings. The second kappa shape index (κ2) is 14.1. The molecule has 0 radical (unpaired) electrons. The number of ether oxygens (including phenoxy) is 1. The first-order valence-electron chi connectivity index (χ1n) is 12.1. The number of hydrogen-bond acceptors (Lipinski definition) is 6. The molecule has 2 unspecified atom stereocenters. The van der Waals surface area contributed by atoms with Crippen molar-refractivity contribution in [3.63, 3.8) is 0 Å². The standard InChI is InChI=1S/C26H39N5O5/c1-7-8-9-13-29-23(33)22(19-11-10-17(2)18(3)15-19)31(14-12-27)24(34)20(16-21(28)32)30-25(35)36-26(4,5)6/h10-11,15,20,22H,7-9,13-14,16H2,1-6H3,(H2,28,32)(H,29,33)(H,30,35). The van der Waals surface area contributed by atoms with Crippen LogP contribution in [0.1, 0.15) is 76.1 Å². The first-order chi connectivity index (χ1) is 16.8. The van der Waals surface area contributed by atoms with Gasteiger partial charge in [-0.05, 0) is 57.7 Å². The van der Waals surface area contributed by atoms with Gasteiger partial charge < -0.3 is 26.0 Å². The number of nitriles is 1. The second-order valence-corrected chi connectivity index (χ2v) is 9.74. The van der Waals surface area contributed by atoms with E-state index >= 15 is 0 Å². The molecule has 0 saturated carbocycles. The third-order valence-corrected chi connectivity index (χ3v) is 5.40. The zero-order valence-corrected chi connectivity index (χ0v) is 22.1. The van der Waals surface area contributed by atoms with E-state index in [-0.39, 0.29) is 0 Å². The predicted molar refractivity (Wildman–Crippen MR) is 135 cm³/mol. The van der Waals surface area contributed by atoms with Crippen LogP contribution >= 0.6 is 0 Å². The van der Waals surface area contributed by atoms with Gasteiger partial charge in [-0.3, -0.25) is 14.4 Å². The van der Waals surface area contributed by atoms with E-state index in [1.165, 1.54) is 0 Å². The Labute approximate surface area is 213 Å². The number of unbranched alkanes of at least 4 members (excludes halogenated alkanes) is 2. The number of amides is 4. The van der Waals surface area contributed by atoms with Crippen molar-refractivity contribution < 1.29 is 23.9 Å². The maximum absolute atomic E-state index is 13.6. The Morgan fingerprint density at radius 3 is 2.33 bits per heavy atom. The van der Waals surface area contributed by atoms with Crippen LogP contribution in [0.2, 0.25) is 0 Å². The summed E-state index contributed by atoms with van der Waals surface area (Å²) < 4.78 is 5.22. The maximum atomic E-state index is 13.6. The van der Waals surface area contributed by atoms with Crippen LogP contribution < -0.4 is 16.4 Å². The number of carbonyl (C=O) groups excluding carboxylic acids is 4. The molecule has 1 rings (SSSR count). The molecule has 2 atom stereocenters. The normalized spacial score (nSPS) is 12.6. The Balaban J connectivity index is 3.43. The molecule has 0 aliphatic carbocycles. The highest BCUT2D eigenvalue weighted by molar-refractivity contribution is 5.94. The van der Waals surface area contributed by atoms with Crippen LogP contribution in [0.5, 0.6) is 0 Å². The van der Waals surface area contributed by atoms with Crippen molar-refractivity contribution in [1.29, 1.82) is 5.26 Å². The molecule has 1 aromatic rings. The quantitative estimate of drug-likeness (QED) is 0.295. The number of alkyl carbamates (subject to hydrolysis) is 1. The molecule has 0 spiro atoms. The van der Waals surface area contributed by atoms with Crippen LogP contribution in [0.15, 0.2) is 18.2 Å². The van der Waals surface area contributed by atoms with Gasteiger partial charge in [0.25, 0.3) is 0 Å². The van der Waals surface area contributed by atoms with Gasteiger partial charge in [-0.2, -0.15) is 5.26 Å². The summed E-state index contributed by atoms with van der Waals surface area (Å²) in [4.78, 5) is 52.2. The number of aryl methyl sites for hydroxylation is 2. The highest BCUT2D eigenvalue weighted by atomic mass is 16.6. The van der Waals surface area contributed by atoms with Gasteiger partial charge in [0.15, 0.2) is 0 Å². The van der Waals surface area contributed by atoms with Crippen molar-refractivity contribution in [2.45, 2.75) is 84.9 Å². The molecular weight excluding hydrogens is 462 g/mol. The average Bonchev–Trinajstić information content (AvgIpc) is 2.76. The summed E-state index contributed by atoms with van der Waals surface area (Å²) in [7, 11) is 0. The number of benzene rings is 1. The highest BCUT2D eigenvalue weighted by Gasteiger charge is 2.37. The number of nitrogens with two attached hydrogens (primary N) is 1. The molecule has 10 nitrogen and oxygen atoms in total.